The van der Waals surface area contributed by atoms with Crippen molar-refractivity contribution in [2.45, 2.75) is 6.10 Å². The predicted molar refractivity (Wildman–Crippen MR) is 28.0 cm³/mol. The number of nitrogens with zero attached hydrogens (tertiary/aromatic N) is 1. The van der Waals surface area contributed by atoms with Gasteiger partial charge in [-0.25, -0.2) is 4.79 Å². The van der Waals surface area contributed by atoms with Gasteiger partial charge in [0.1, 0.15) is 0 Å². The van der Waals surface area contributed by atoms with E-state index in [1.165, 1.54) is 0 Å². The van der Waals surface area contributed by atoms with Crippen LogP contribution in [0.1, 0.15) is 0 Å². The number of cyclic esters (lactones) is 1. The summed E-state index contributed by atoms with van der Waals surface area (Å²) < 4.78 is 4.30. The first kappa shape index (κ1) is 6.81. The predicted octanol–water partition coefficient (Wildman–Crippen LogP) is -1.32. The van der Waals surface area contributed by atoms with Crippen molar-refractivity contribution in [3.05, 3.63) is 0 Å². The minimum Gasteiger partial charge on any atom is -0.432 e. The van der Waals surface area contributed by atoms with Gasteiger partial charge in [0, 0.05) is 0 Å². The number of hydrogen-bond donors (Lipinski definition) is 2. The van der Waals surface area contributed by atoms with Crippen molar-refractivity contribution in [1.29, 1.82) is 0 Å². The molecule has 1 atom stereocenters. The summed E-state index contributed by atoms with van der Waals surface area (Å²) >= 11 is 0. The van der Waals surface area contributed by atoms with Crippen LogP contribution in [0, 0.1) is 0 Å². The molecule has 0 bridgehead atoms. The minimum atomic E-state index is -1.02. The average molecular weight is 146 g/mol. The van der Waals surface area contributed by atoms with Gasteiger partial charge >= 0.3 is 6.09 Å². The molecule has 0 aliphatic carbocycles. The molecule has 1 aliphatic rings. The fourth-order valence-electron chi connectivity index (χ4n) is 0.599. The Kier molecular flexibility index (Phi) is 1.46. The van der Waals surface area contributed by atoms with Crippen LogP contribution >= 0.6 is 0 Å². The Hall–Kier alpha value is -1.30. The molecule has 0 saturated carbocycles. The second-order valence-electron chi connectivity index (χ2n) is 1.86. The van der Waals surface area contributed by atoms with Crippen LogP contribution in [0.15, 0.2) is 0 Å². The van der Waals surface area contributed by atoms with E-state index in [4.69, 9.17) is 10.9 Å². The molecule has 1 saturated heterocycles. The molecular weight excluding hydrogens is 140 g/mol. The topological polar surface area (TPSA) is 92.9 Å². The highest BCUT2D eigenvalue weighted by Crippen LogP contribution is 2.06. The maximum atomic E-state index is 10.3. The molecule has 6 heteroatoms. The van der Waals surface area contributed by atoms with Gasteiger partial charge in [-0.15, -0.1) is 0 Å². The summed E-state index contributed by atoms with van der Waals surface area (Å²) in [5, 5.41) is 8.87. The van der Waals surface area contributed by atoms with Crippen LogP contribution in [-0.2, 0) is 9.53 Å². The van der Waals surface area contributed by atoms with Gasteiger partial charge in [0.15, 0.2) is 0 Å². The van der Waals surface area contributed by atoms with Gasteiger partial charge in [-0.1, -0.05) is 0 Å². The monoisotopic (exact) mass is 146 g/mol. The average Bonchev–Trinajstić information content (AvgIpc) is 2.13. The fraction of sp³-hybridized carbons (Fsp3) is 0.500. The minimum absolute atomic E-state index is 0.186. The number of rotatable bonds is 1. The molecule has 6 nitrogen and oxygen atoms in total. The number of nitrogens with two attached hydrogens (primary N) is 1. The van der Waals surface area contributed by atoms with Crippen LogP contribution in [0.5, 0.6) is 0 Å². The van der Waals surface area contributed by atoms with E-state index in [1.54, 1.807) is 0 Å². The smallest absolute Gasteiger partial charge is 0.432 e. The third-order valence-corrected chi connectivity index (χ3v) is 1.11. The summed E-state index contributed by atoms with van der Waals surface area (Å²) in [6.45, 7) is -0.186. The lowest BCUT2D eigenvalue weighted by Crippen LogP contribution is -2.31. The highest BCUT2D eigenvalue weighted by molar-refractivity contribution is 5.84. The van der Waals surface area contributed by atoms with Crippen LogP contribution in [-0.4, -0.2) is 34.9 Å². The first-order valence-corrected chi connectivity index (χ1v) is 2.57. The Morgan fingerprint density at radius 2 is 2.50 bits per heavy atom. The molecule has 10 heavy (non-hydrogen) atoms. The number of hydroxylamine groups is 2. The Balaban J connectivity index is 2.57. The van der Waals surface area contributed by atoms with Crippen LogP contribution < -0.4 is 5.73 Å². The number of carbonyl (C=O) groups is 2. The zero-order valence-electron chi connectivity index (χ0n) is 4.98. The molecule has 1 fully saturated rings. The van der Waals surface area contributed by atoms with Gasteiger partial charge in [0.25, 0.3) is 5.91 Å². The van der Waals surface area contributed by atoms with Gasteiger partial charge in [-0.2, -0.15) is 5.06 Å². The van der Waals surface area contributed by atoms with Crippen molar-refractivity contribution in [3.63, 3.8) is 0 Å². The number of primary amides is 1. The van der Waals surface area contributed by atoms with Crippen molar-refractivity contribution >= 4 is 12.0 Å². The molecule has 1 unspecified atom stereocenters. The third-order valence-electron chi connectivity index (χ3n) is 1.11. The summed E-state index contributed by atoms with van der Waals surface area (Å²) in [5.41, 5.74) is 4.77. The van der Waals surface area contributed by atoms with E-state index in [9.17, 15) is 9.59 Å². The van der Waals surface area contributed by atoms with Gasteiger partial charge in [-0.05, 0) is 0 Å². The summed E-state index contributed by atoms with van der Waals surface area (Å²) in [6, 6.07) is 0. The van der Waals surface area contributed by atoms with Crippen molar-refractivity contribution in [2.24, 2.45) is 5.73 Å². The van der Waals surface area contributed by atoms with Crippen LogP contribution in [0.3, 0.4) is 0 Å². The zero-order valence-corrected chi connectivity index (χ0v) is 4.98. The number of amides is 2. The van der Waals surface area contributed by atoms with E-state index in [0.29, 0.717) is 5.06 Å². The van der Waals surface area contributed by atoms with Crippen LogP contribution in [0.25, 0.3) is 0 Å². The molecule has 56 valence electrons. The molecule has 3 N–H and O–H groups in total. The number of ether oxygens (including phenoxy) is 1. The molecule has 1 aliphatic heterocycles. The molecule has 0 aromatic carbocycles. The molecule has 1 heterocycles. The Morgan fingerprint density at radius 1 is 1.90 bits per heavy atom. The molecule has 0 aromatic heterocycles. The van der Waals surface area contributed by atoms with Gasteiger partial charge in [-0.3, -0.25) is 10.0 Å². The highest BCUT2D eigenvalue weighted by Gasteiger charge is 2.33. The molecule has 0 aromatic rings. The van der Waals surface area contributed by atoms with Gasteiger partial charge < -0.3 is 10.5 Å². The maximum absolute atomic E-state index is 10.3. The normalized spacial score (nSPS) is 24.7. The molecule has 1 rings (SSSR count). The molecule has 0 radical (unpaired) electrons. The lowest BCUT2D eigenvalue weighted by molar-refractivity contribution is -0.124. The fourth-order valence-corrected chi connectivity index (χ4v) is 0.599. The summed E-state index contributed by atoms with van der Waals surface area (Å²) in [6.07, 6.45) is -1.96. The number of hydrogen-bond acceptors (Lipinski definition) is 4. The van der Waals surface area contributed by atoms with E-state index in [0.717, 1.165) is 0 Å². The molecule has 0 spiro atoms. The largest absolute Gasteiger partial charge is 0.434 e. The van der Waals surface area contributed by atoms with Crippen LogP contribution in [0.4, 0.5) is 4.79 Å². The molecular formula is C4H6N2O4. The maximum Gasteiger partial charge on any atom is 0.434 e. The van der Waals surface area contributed by atoms with Crippen LogP contribution in [0.2, 0.25) is 0 Å². The van der Waals surface area contributed by atoms with Crippen molar-refractivity contribution in [2.75, 3.05) is 6.54 Å². The Bertz CT molecular complexity index is 180. The highest BCUT2D eigenvalue weighted by atomic mass is 16.7. The first-order chi connectivity index (χ1) is 4.61. The number of carbonyl (C=O) groups excluding carboxylic acids is 2. The second-order valence-corrected chi connectivity index (χ2v) is 1.86. The van der Waals surface area contributed by atoms with Gasteiger partial charge in [0.2, 0.25) is 6.10 Å². The van der Waals surface area contributed by atoms with E-state index in [2.05, 4.69) is 4.74 Å². The second kappa shape index (κ2) is 2.14. The third kappa shape index (κ3) is 1.01. The van der Waals surface area contributed by atoms with E-state index in [1.807, 2.05) is 0 Å². The lowest BCUT2D eigenvalue weighted by Gasteiger charge is -1.98. The lowest BCUT2D eigenvalue weighted by atomic mass is 10.3. The van der Waals surface area contributed by atoms with E-state index in [-0.39, 0.29) is 6.54 Å². The molecule has 2 amide bonds. The Labute approximate surface area is 56.1 Å². The van der Waals surface area contributed by atoms with Gasteiger partial charge in [0.05, 0.1) is 6.54 Å². The van der Waals surface area contributed by atoms with Crippen molar-refractivity contribution < 1.29 is 19.5 Å². The van der Waals surface area contributed by atoms with E-state index >= 15 is 0 Å². The Morgan fingerprint density at radius 3 is 2.70 bits per heavy atom. The quantitative estimate of drug-likeness (QED) is 0.449. The summed E-state index contributed by atoms with van der Waals surface area (Å²) in [5.74, 6) is -0.759. The first-order valence-electron chi connectivity index (χ1n) is 2.57. The zero-order chi connectivity index (χ0) is 7.72. The van der Waals surface area contributed by atoms with Crippen molar-refractivity contribution in [3.8, 4) is 0 Å². The summed E-state index contributed by atoms with van der Waals surface area (Å²) in [7, 11) is 0. The standard InChI is InChI=1S/C4H6N2O4/c5-3(7)2-1-6(9)4(8)10-2/h2,9H,1H2,(H2,5,7). The van der Waals surface area contributed by atoms with Crippen molar-refractivity contribution in [1.82, 2.24) is 5.06 Å². The summed E-state index contributed by atoms with van der Waals surface area (Å²) in [4.78, 5) is 20.6. The van der Waals surface area contributed by atoms with E-state index < -0.39 is 18.1 Å². The SMILES string of the molecule is NC(=O)C1CN(O)C(=O)O1.